The number of nitrogens with one attached hydrogen (secondary N) is 3. The third-order valence-corrected chi connectivity index (χ3v) is 5.55. The number of hydrogen-bond donors (Lipinski definition) is 3. The molecule has 3 aromatic rings. The van der Waals surface area contributed by atoms with Crippen molar-refractivity contribution in [2.24, 2.45) is 0 Å². The van der Waals surface area contributed by atoms with Crippen LogP contribution in [0.3, 0.4) is 0 Å². The number of halogens is 1. The number of aromatic nitrogens is 2. The Morgan fingerprint density at radius 3 is 2.90 bits per heavy atom. The van der Waals surface area contributed by atoms with Crippen molar-refractivity contribution in [2.45, 2.75) is 19.4 Å². The first kappa shape index (κ1) is 19.5. The largest absolute Gasteiger partial charge is 0.474 e. The summed E-state index contributed by atoms with van der Waals surface area (Å²) in [5.74, 6) is 0.551. The molecule has 2 aliphatic heterocycles. The van der Waals surface area contributed by atoms with Gasteiger partial charge in [-0.3, -0.25) is 5.32 Å². The van der Waals surface area contributed by atoms with E-state index in [1.54, 1.807) is 24.5 Å². The Bertz CT molecular complexity index is 1160. The molecule has 2 aliphatic rings. The summed E-state index contributed by atoms with van der Waals surface area (Å²) in [6, 6.07) is 4.58. The molecular weight excluding hydrogens is 401 g/mol. The number of rotatable bonds is 3. The van der Waals surface area contributed by atoms with Gasteiger partial charge in [0, 0.05) is 42.1 Å². The second-order valence-electron chi connectivity index (χ2n) is 7.66. The molecule has 2 amide bonds. The summed E-state index contributed by atoms with van der Waals surface area (Å²) in [5, 5.41) is 10.3. The first-order valence-electron chi connectivity index (χ1n) is 10.2. The van der Waals surface area contributed by atoms with Gasteiger partial charge in [0.2, 0.25) is 5.88 Å². The van der Waals surface area contributed by atoms with Gasteiger partial charge in [0.25, 0.3) is 0 Å². The zero-order valence-corrected chi connectivity index (χ0v) is 17.0. The van der Waals surface area contributed by atoms with Crippen LogP contribution in [0.25, 0.3) is 21.9 Å². The van der Waals surface area contributed by atoms with Crippen LogP contribution in [0.1, 0.15) is 12.0 Å². The van der Waals surface area contributed by atoms with Crippen molar-refractivity contribution < 1.29 is 18.7 Å². The van der Waals surface area contributed by atoms with Gasteiger partial charge in [0.1, 0.15) is 23.9 Å². The Morgan fingerprint density at radius 1 is 1.16 bits per heavy atom. The molecule has 8 nitrogen and oxygen atoms in total. The fourth-order valence-corrected chi connectivity index (χ4v) is 3.92. The molecule has 0 saturated carbocycles. The van der Waals surface area contributed by atoms with E-state index in [1.807, 2.05) is 6.92 Å². The summed E-state index contributed by atoms with van der Waals surface area (Å²) in [6.45, 7) is 4.29. The monoisotopic (exact) mass is 423 g/mol. The van der Waals surface area contributed by atoms with Crippen LogP contribution >= 0.6 is 0 Å². The average molecular weight is 423 g/mol. The van der Waals surface area contributed by atoms with E-state index in [9.17, 15) is 9.18 Å². The molecule has 0 bridgehead atoms. The van der Waals surface area contributed by atoms with Crippen LogP contribution < -0.4 is 20.7 Å². The van der Waals surface area contributed by atoms with Crippen LogP contribution in [-0.2, 0) is 4.74 Å². The maximum atomic E-state index is 15.0. The van der Waals surface area contributed by atoms with E-state index in [-0.39, 0.29) is 17.9 Å². The van der Waals surface area contributed by atoms with Crippen molar-refractivity contribution in [3.8, 4) is 17.0 Å². The highest BCUT2D eigenvalue weighted by Gasteiger charge is 2.20. The Morgan fingerprint density at radius 2 is 2.06 bits per heavy atom. The van der Waals surface area contributed by atoms with Gasteiger partial charge in [0.15, 0.2) is 0 Å². The summed E-state index contributed by atoms with van der Waals surface area (Å²) >= 11 is 0. The lowest BCUT2D eigenvalue weighted by molar-refractivity contribution is 0.189. The smallest absolute Gasteiger partial charge is 0.320 e. The number of anilines is 2. The first-order chi connectivity index (χ1) is 15.1. The van der Waals surface area contributed by atoms with E-state index in [1.165, 1.54) is 6.07 Å². The molecule has 0 radical (unpaired) electrons. The molecule has 9 heteroatoms. The summed E-state index contributed by atoms with van der Waals surface area (Å²) in [6.07, 6.45) is 3.96. The lowest BCUT2D eigenvalue weighted by Gasteiger charge is -2.21. The Balaban J connectivity index is 1.46. The van der Waals surface area contributed by atoms with Gasteiger partial charge in [-0.15, -0.1) is 0 Å². The van der Waals surface area contributed by atoms with Crippen LogP contribution in [0.5, 0.6) is 5.88 Å². The number of urea groups is 1. The molecule has 0 spiro atoms. The van der Waals surface area contributed by atoms with Crippen LogP contribution in [0.2, 0.25) is 0 Å². The predicted molar refractivity (Wildman–Crippen MR) is 115 cm³/mol. The van der Waals surface area contributed by atoms with E-state index in [0.717, 1.165) is 23.1 Å². The highest BCUT2D eigenvalue weighted by molar-refractivity contribution is 5.94. The number of carbonyl (C=O) groups excluding carboxylic acids is 1. The Kier molecular flexibility index (Phi) is 5.03. The fourth-order valence-electron chi connectivity index (χ4n) is 3.92. The summed E-state index contributed by atoms with van der Waals surface area (Å²) in [7, 11) is 0. The van der Waals surface area contributed by atoms with E-state index >= 15 is 0 Å². The first-order valence-corrected chi connectivity index (χ1v) is 10.2. The molecule has 1 atom stereocenters. The highest BCUT2D eigenvalue weighted by atomic mass is 19.1. The zero-order chi connectivity index (χ0) is 21.4. The topological polar surface area (TPSA) is 97.4 Å². The number of ether oxygens (including phenoxy) is 2. The second kappa shape index (κ2) is 7.99. The molecule has 1 fully saturated rings. The number of carbonyl (C=O) groups is 1. The van der Waals surface area contributed by atoms with Crippen LogP contribution in [0, 0.1) is 12.7 Å². The van der Waals surface area contributed by atoms with E-state index in [0.29, 0.717) is 54.6 Å². The molecule has 0 unspecified atom stereocenters. The van der Waals surface area contributed by atoms with Crippen molar-refractivity contribution in [1.82, 2.24) is 15.3 Å². The summed E-state index contributed by atoms with van der Waals surface area (Å²) in [5.41, 5.74) is 2.76. The van der Waals surface area contributed by atoms with E-state index < -0.39 is 0 Å². The Hall–Kier alpha value is -3.46. The number of amides is 2. The predicted octanol–water partition coefficient (Wildman–Crippen LogP) is 3.46. The summed E-state index contributed by atoms with van der Waals surface area (Å²) in [4.78, 5) is 20.8. The number of fused-ring (bicyclic) bond motifs is 2. The van der Waals surface area contributed by atoms with Crippen molar-refractivity contribution in [1.29, 1.82) is 0 Å². The summed E-state index contributed by atoms with van der Waals surface area (Å²) < 4.78 is 25.8. The van der Waals surface area contributed by atoms with E-state index in [4.69, 9.17) is 9.47 Å². The highest BCUT2D eigenvalue weighted by Crippen LogP contribution is 2.37. The van der Waals surface area contributed by atoms with Crippen LogP contribution in [0.15, 0.2) is 30.6 Å². The SMILES string of the molecule is Cc1c(-c2cc3cc(NC(=O)N[C@@H]4CCOC4)ncc3cc2F)cnc2c1NCCO2. The third-order valence-electron chi connectivity index (χ3n) is 5.55. The lowest BCUT2D eigenvalue weighted by atomic mass is 9.98. The number of hydrogen-bond acceptors (Lipinski definition) is 6. The minimum Gasteiger partial charge on any atom is -0.474 e. The minimum absolute atomic E-state index is 0.00164. The van der Waals surface area contributed by atoms with Crippen molar-refractivity contribution >= 4 is 28.3 Å². The third kappa shape index (κ3) is 3.84. The molecule has 0 aliphatic carbocycles. The van der Waals surface area contributed by atoms with Gasteiger partial charge in [-0.05, 0) is 42.5 Å². The van der Waals surface area contributed by atoms with Crippen LogP contribution in [-0.4, -0.2) is 48.4 Å². The molecule has 31 heavy (non-hydrogen) atoms. The quantitative estimate of drug-likeness (QED) is 0.597. The molecule has 1 aromatic carbocycles. The lowest BCUT2D eigenvalue weighted by Crippen LogP contribution is -2.38. The normalized spacial score (nSPS) is 17.5. The molecule has 1 saturated heterocycles. The number of benzene rings is 1. The molecule has 4 heterocycles. The van der Waals surface area contributed by atoms with Gasteiger partial charge >= 0.3 is 6.03 Å². The van der Waals surface area contributed by atoms with Gasteiger partial charge in [-0.2, -0.15) is 0 Å². The number of nitrogens with zero attached hydrogens (tertiary/aromatic N) is 2. The van der Waals surface area contributed by atoms with Crippen molar-refractivity contribution in [3.63, 3.8) is 0 Å². The fraction of sp³-hybridized carbons (Fsp3) is 0.318. The minimum atomic E-state index is -0.365. The van der Waals surface area contributed by atoms with Gasteiger partial charge < -0.3 is 20.1 Å². The molecule has 2 aromatic heterocycles. The van der Waals surface area contributed by atoms with E-state index in [2.05, 4.69) is 25.9 Å². The molecule has 3 N–H and O–H groups in total. The standard InChI is InChI=1S/C22H22FN5O3/c1-12-17(10-26-21-20(12)24-3-5-31-21)16-6-13-8-19(25-9-14(13)7-18(16)23)28-22(29)27-15-2-4-30-11-15/h6-10,15,24H,2-5,11H2,1H3,(H2,25,27,28,29)/t15-/m1/s1. The second-order valence-corrected chi connectivity index (χ2v) is 7.66. The van der Waals surface area contributed by atoms with Crippen LogP contribution in [0.4, 0.5) is 20.7 Å². The van der Waals surface area contributed by atoms with Crippen molar-refractivity contribution in [3.05, 3.63) is 42.0 Å². The Labute approximate surface area is 178 Å². The molecular formula is C22H22FN5O3. The number of pyridine rings is 2. The maximum absolute atomic E-state index is 15.0. The van der Waals surface area contributed by atoms with Gasteiger partial charge in [-0.25, -0.2) is 19.2 Å². The van der Waals surface area contributed by atoms with Gasteiger partial charge in [-0.1, -0.05) is 0 Å². The maximum Gasteiger partial charge on any atom is 0.320 e. The zero-order valence-electron chi connectivity index (χ0n) is 17.0. The molecule has 5 rings (SSSR count). The molecule has 160 valence electrons. The van der Waals surface area contributed by atoms with Gasteiger partial charge in [0.05, 0.1) is 12.6 Å². The average Bonchev–Trinajstić information content (AvgIpc) is 3.27. The van der Waals surface area contributed by atoms with Crippen molar-refractivity contribution in [2.75, 3.05) is 37.0 Å².